The molecule has 0 radical (unpaired) electrons. The molecule has 0 saturated carbocycles. The summed E-state index contributed by atoms with van der Waals surface area (Å²) in [5.41, 5.74) is 3.05. The van der Waals surface area contributed by atoms with Crippen molar-refractivity contribution in [2.75, 3.05) is 26.7 Å². The Hall–Kier alpha value is -0.900. The van der Waals surface area contributed by atoms with Crippen LogP contribution in [-0.4, -0.2) is 43.8 Å². The Morgan fingerprint density at radius 2 is 2.14 bits per heavy atom. The molecule has 1 aromatic rings. The zero-order valence-corrected chi connectivity index (χ0v) is 13.3. The summed E-state index contributed by atoms with van der Waals surface area (Å²) in [7, 11) is 1.84. The van der Waals surface area contributed by atoms with E-state index in [1.54, 1.807) is 0 Å². The highest BCUT2D eigenvalue weighted by atomic mass is 16.5. The molecule has 0 aromatic heterocycles. The normalized spacial score (nSPS) is 29.5. The van der Waals surface area contributed by atoms with Crippen molar-refractivity contribution in [2.24, 2.45) is 0 Å². The maximum Gasteiger partial charge on any atom is 0.0710 e. The van der Waals surface area contributed by atoms with Crippen molar-refractivity contribution < 1.29 is 4.74 Å². The number of fused-ring (bicyclic) bond motifs is 1. The Labute approximate surface area is 128 Å². The molecule has 1 aromatic carbocycles. The second-order valence-corrected chi connectivity index (χ2v) is 6.38. The summed E-state index contributed by atoms with van der Waals surface area (Å²) >= 11 is 0. The Morgan fingerprint density at radius 3 is 2.90 bits per heavy atom. The molecule has 116 valence electrons. The molecule has 1 aliphatic carbocycles. The number of nitrogens with zero attached hydrogens (tertiary/aromatic N) is 1. The Kier molecular flexibility index (Phi) is 4.94. The SMILES string of the molecule is CCCNC1c2ccccc2CCC1N1CCC(OC)C1. The molecule has 1 aliphatic heterocycles. The molecule has 1 heterocycles. The molecule has 3 rings (SSSR count). The fraction of sp³-hybridized carbons (Fsp3) is 0.667. The Bertz CT molecular complexity index is 462. The molecule has 3 nitrogen and oxygen atoms in total. The van der Waals surface area contributed by atoms with Crippen LogP contribution in [-0.2, 0) is 11.2 Å². The molecule has 1 fully saturated rings. The highest BCUT2D eigenvalue weighted by Gasteiger charge is 2.36. The first-order valence-corrected chi connectivity index (χ1v) is 8.41. The fourth-order valence-corrected chi connectivity index (χ4v) is 3.93. The molecule has 0 bridgehead atoms. The third-order valence-corrected chi connectivity index (χ3v) is 5.08. The molecule has 2 aliphatic rings. The van der Waals surface area contributed by atoms with Crippen LogP contribution in [0.3, 0.4) is 0 Å². The summed E-state index contributed by atoms with van der Waals surface area (Å²) in [6, 6.07) is 10.1. The zero-order chi connectivity index (χ0) is 14.7. The second-order valence-electron chi connectivity index (χ2n) is 6.38. The van der Waals surface area contributed by atoms with Crippen molar-refractivity contribution in [3.05, 3.63) is 35.4 Å². The minimum Gasteiger partial charge on any atom is -0.380 e. The van der Waals surface area contributed by atoms with Crippen molar-refractivity contribution in [3.8, 4) is 0 Å². The summed E-state index contributed by atoms with van der Waals surface area (Å²) in [6.45, 7) is 5.61. The molecule has 21 heavy (non-hydrogen) atoms. The van der Waals surface area contributed by atoms with E-state index >= 15 is 0 Å². The predicted octanol–water partition coefficient (Wildman–Crippen LogP) is 2.76. The van der Waals surface area contributed by atoms with Crippen molar-refractivity contribution in [3.63, 3.8) is 0 Å². The fourth-order valence-electron chi connectivity index (χ4n) is 3.93. The van der Waals surface area contributed by atoms with Crippen LogP contribution in [0.5, 0.6) is 0 Å². The standard InChI is InChI=1S/C18H28N2O/c1-3-11-19-18-16-7-5-4-6-14(16)8-9-17(18)20-12-10-15(13-20)21-2/h4-7,15,17-19H,3,8-13H2,1-2H3. The number of aryl methyl sites for hydroxylation is 1. The smallest absolute Gasteiger partial charge is 0.0710 e. The molecule has 1 N–H and O–H groups in total. The Balaban J connectivity index is 1.80. The van der Waals surface area contributed by atoms with E-state index in [-0.39, 0.29) is 0 Å². The number of hydrogen-bond acceptors (Lipinski definition) is 3. The van der Waals surface area contributed by atoms with E-state index in [0.29, 0.717) is 18.2 Å². The van der Waals surface area contributed by atoms with Gasteiger partial charge in [-0.15, -0.1) is 0 Å². The number of nitrogens with one attached hydrogen (secondary N) is 1. The van der Waals surface area contributed by atoms with Gasteiger partial charge in [0.2, 0.25) is 0 Å². The van der Waals surface area contributed by atoms with Gasteiger partial charge in [-0.3, -0.25) is 4.90 Å². The van der Waals surface area contributed by atoms with E-state index in [2.05, 4.69) is 41.4 Å². The number of benzene rings is 1. The lowest BCUT2D eigenvalue weighted by molar-refractivity contribution is 0.0918. The quantitative estimate of drug-likeness (QED) is 0.901. The van der Waals surface area contributed by atoms with Gasteiger partial charge in [-0.05, 0) is 43.4 Å². The molecular formula is C18H28N2O. The van der Waals surface area contributed by atoms with Crippen LogP contribution in [0.15, 0.2) is 24.3 Å². The second kappa shape index (κ2) is 6.91. The first-order valence-electron chi connectivity index (χ1n) is 8.41. The van der Waals surface area contributed by atoms with Gasteiger partial charge in [0.05, 0.1) is 6.10 Å². The van der Waals surface area contributed by atoms with Crippen LogP contribution in [0.4, 0.5) is 0 Å². The topological polar surface area (TPSA) is 24.5 Å². The number of methoxy groups -OCH3 is 1. The van der Waals surface area contributed by atoms with Crippen LogP contribution in [0.2, 0.25) is 0 Å². The molecule has 3 heteroatoms. The number of rotatable bonds is 5. The maximum absolute atomic E-state index is 5.56. The third kappa shape index (κ3) is 3.15. The van der Waals surface area contributed by atoms with Gasteiger partial charge in [0.25, 0.3) is 0 Å². The van der Waals surface area contributed by atoms with Gasteiger partial charge in [-0.1, -0.05) is 31.2 Å². The minimum absolute atomic E-state index is 0.425. The average Bonchev–Trinajstić information content (AvgIpc) is 3.01. The van der Waals surface area contributed by atoms with E-state index < -0.39 is 0 Å². The van der Waals surface area contributed by atoms with Gasteiger partial charge in [-0.2, -0.15) is 0 Å². The molecular weight excluding hydrogens is 260 g/mol. The van der Waals surface area contributed by atoms with E-state index in [9.17, 15) is 0 Å². The summed E-state index contributed by atoms with van der Waals surface area (Å²) in [4.78, 5) is 2.65. The van der Waals surface area contributed by atoms with Crippen LogP contribution in [0.25, 0.3) is 0 Å². The van der Waals surface area contributed by atoms with Gasteiger partial charge >= 0.3 is 0 Å². The Morgan fingerprint density at radius 1 is 1.29 bits per heavy atom. The molecule has 3 atom stereocenters. The first-order chi connectivity index (χ1) is 10.3. The highest BCUT2D eigenvalue weighted by molar-refractivity contribution is 5.34. The number of hydrogen-bond donors (Lipinski definition) is 1. The highest BCUT2D eigenvalue weighted by Crippen LogP contribution is 2.34. The lowest BCUT2D eigenvalue weighted by Gasteiger charge is -2.40. The third-order valence-electron chi connectivity index (χ3n) is 5.08. The minimum atomic E-state index is 0.425. The number of ether oxygens (including phenoxy) is 1. The first kappa shape index (κ1) is 15.0. The summed E-state index contributed by atoms with van der Waals surface area (Å²) in [5, 5.41) is 3.80. The monoisotopic (exact) mass is 288 g/mol. The van der Waals surface area contributed by atoms with Gasteiger partial charge < -0.3 is 10.1 Å². The largest absolute Gasteiger partial charge is 0.380 e. The lowest BCUT2D eigenvalue weighted by atomic mass is 9.83. The zero-order valence-electron chi connectivity index (χ0n) is 13.3. The summed E-state index contributed by atoms with van der Waals surface area (Å²) in [5.74, 6) is 0. The van der Waals surface area contributed by atoms with E-state index in [1.165, 1.54) is 43.4 Å². The van der Waals surface area contributed by atoms with Crippen LogP contribution < -0.4 is 5.32 Å². The lowest BCUT2D eigenvalue weighted by Crippen LogP contribution is -2.46. The average molecular weight is 288 g/mol. The summed E-state index contributed by atoms with van der Waals surface area (Å²) < 4.78 is 5.56. The van der Waals surface area contributed by atoms with Crippen LogP contribution in [0, 0.1) is 0 Å². The van der Waals surface area contributed by atoms with E-state index in [4.69, 9.17) is 4.74 Å². The number of likely N-dealkylation sites (tertiary alicyclic amines) is 1. The maximum atomic E-state index is 5.56. The van der Waals surface area contributed by atoms with Crippen LogP contribution in [0.1, 0.15) is 43.4 Å². The van der Waals surface area contributed by atoms with E-state index in [0.717, 1.165) is 13.1 Å². The van der Waals surface area contributed by atoms with Gasteiger partial charge in [0.15, 0.2) is 0 Å². The van der Waals surface area contributed by atoms with Crippen molar-refractivity contribution >= 4 is 0 Å². The van der Waals surface area contributed by atoms with Crippen LogP contribution >= 0.6 is 0 Å². The van der Waals surface area contributed by atoms with E-state index in [1.807, 2.05) is 7.11 Å². The van der Waals surface area contributed by atoms with Crippen molar-refractivity contribution in [1.82, 2.24) is 10.2 Å². The predicted molar refractivity (Wildman–Crippen MR) is 86.6 cm³/mol. The summed E-state index contributed by atoms with van der Waals surface area (Å²) in [6.07, 6.45) is 5.25. The van der Waals surface area contributed by atoms with Gasteiger partial charge in [0.1, 0.15) is 0 Å². The molecule has 0 spiro atoms. The van der Waals surface area contributed by atoms with Gasteiger partial charge in [-0.25, -0.2) is 0 Å². The molecule has 1 saturated heterocycles. The van der Waals surface area contributed by atoms with Crippen molar-refractivity contribution in [1.29, 1.82) is 0 Å². The molecule has 0 amide bonds. The molecule has 3 unspecified atom stereocenters. The van der Waals surface area contributed by atoms with Crippen molar-refractivity contribution in [2.45, 2.75) is 50.8 Å². The van der Waals surface area contributed by atoms with Gasteiger partial charge in [0, 0.05) is 32.3 Å².